The molecule has 0 amide bonds. The van der Waals surface area contributed by atoms with Crippen LogP contribution in [0.25, 0.3) is 0 Å². The Morgan fingerprint density at radius 2 is 2.50 bits per heavy atom. The summed E-state index contributed by atoms with van der Waals surface area (Å²) in [5.74, 6) is -1.22. The van der Waals surface area contributed by atoms with E-state index in [1.165, 1.54) is 18.0 Å². The van der Waals surface area contributed by atoms with E-state index >= 15 is 0 Å². The van der Waals surface area contributed by atoms with Crippen LogP contribution in [0.3, 0.4) is 0 Å². The molecule has 1 aromatic heterocycles. The zero-order valence-electron chi connectivity index (χ0n) is 8.75. The molecule has 0 aliphatic rings. The summed E-state index contributed by atoms with van der Waals surface area (Å²) in [5.41, 5.74) is 3.68. The Morgan fingerprint density at radius 1 is 1.81 bits per heavy atom. The molecule has 2 unspecified atom stereocenters. The number of rotatable bonds is 6. The number of thioether (sulfide) groups is 1. The highest BCUT2D eigenvalue weighted by Gasteiger charge is 2.44. The number of nitrogens with two attached hydrogens (primary N) is 1. The molecule has 6 heteroatoms. The molecule has 3 N–H and O–H groups in total. The van der Waals surface area contributed by atoms with Crippen LogP contribution in [0.2, 0.25) is 0 Å². The molecule has 0 aliphatic heterocycles. The Bertz CT molecular complexity index is 365. The Labute approximate surface area is 97.0 Å². The summed E-state index contributed by atoms with van der Waals surface area (Å²) in [6, 6.07) is 3.25. The first-order chi connectivity index (χ1) is 7.56. The molecule has 0 aliphatic carbocycles. The average Bonchev–Trinajstić information content (AvgIpc) is 2.77. The molecule has 0 saturated carbocycles. The standard InChI is InChI=1S/C10H13NO4S/c1-16-5-7(8-3-2-4-15-8)10(11,6-12)9(13)14/h2-4,6-7H,5,11H2,1H3,(H,13,14). The lowest BCUT2D eigenvalue weighted by atomic mass is 9.85. The number of furan rings is 1. The van der Waals surface area contributed by atoms with E-state index < -0.39 is 17.4 Å². The lowest BCUT2D eigenvalue weighted by Gasteiger charge is -2.26. The van der Waals surface area contributed by atoms with Gasteiger partial charge in [-0.2, -0.15) is 11.8 Å². The Hall–Kier alpha value is -1.27. The van der Waals surface area contributed by atoms with Gasteiger partial charge in [0, 0.05) is 5.75 Å². The molecule has 1 rings (SSSR count). The minimum Gasteiger partial charge on any atom is -0.480 e. The Morgan fingerprint density at radius 3 is 2.88 bits per heavy atom. The maximum Gasteiger partial charge on any atom is 0.331 e. The molecule has 0 spiro atoms. The van der Waals surface area contributed by atoms with Crippen LogP contribution in [0.5, 0.6) is 0 Å². The van der Waals surface area contributed by atoms with Gasteiger partial charge in [0.25, 0.3) is 0 Å². The molecule has 0 bridgehead atoms. The molecular formula is C10H13NO4S. The fourth-order valence-electron chi connectivity index (χ4n) is 1.39. The first-order valence-corrected chi connectivity index (χ1v) is 5.96. The van der Waals surface area contributed by atoms with Crippen molar-refractivity contribution in [3.8, 4) is 0 Å². The SMILES string of the molecule is CSCC(c1ccco1)C(N)(C=O)C(=O)O. The number of carbonyl (C=O) groups excluding carboxylic acids is 1. The van der Waals surface area contributed by atoms with Crippen LogP contribution >= 0.6 is 11.8 Å². The molecule has 0 aromatic carbocycles. The number of hydrogen-bond donors (Lipinski definition) is 2. The number of carbonyl (C=O) groups is 2. The summed E-state index contributed by atoms with van der Waals surface area (Å²) in [6.45, 7) is 0. The Balaban J connectivity index is 3.10. The van der Waals surface area contributed by atoms with E-state index in [4.69, 9.17) is 15.3 Å². The van der Waals surface area contributed by atoms with Gasteiger partial charge < -0.3 is 20.1 Å². The van der Waals surface area contributed by atoms with Crippen LogP contribution in [0.4, 0.5) is 0 Å². The highest BCUT2D eigenvalue weighted by molar-refractivity contribution is 7.98. The fraction of sp³-hybridized carbons (Fsp3) is 0.400. The van der Waals surface area contributed by atoms with Crippen molar-refractivity contribution in [2.45, 2.75) is 11.5 Å². The normalized spacial score (nSPS) is 16.4. The number of aldehydes is 1. The van der Waals surface area contributed by atoms with Gasteiger partial charge in [-0.3, -0.25) is 0 Å². The molecule has 5 nitrogen and oxygen atoms in total. The van der Waals surface area contributed by atoms with Crippen LogP contribution in [0, 0.1) is 0 Å². The van der Waals surface area contributed by atoms with E-state index in [2.05, 4.69) is 0 Å². The third-order valence-corrected chi connectivity index (χ3v) is 3.03. The number of carboxylic acids is 1. The quantitative estimate of drug-likeness (QED) is 0.564. The largest absolute Gasteiger partial charge is 0.480 e. The van der Waals surface area contributed by atoms with Gasteiger partial charge in [0.1, 0.15) is 5.76 Å². The topological polar surface area (TPSA) is 93.5 Å². The highest BCUT2D eigenvalue weighted by atomic mass is 32.2. The molecular weight excluding hydrogens is 230 g/mol. The van der Waals surface area contributed by atoms with Gasteiger partial charge in [-0.25, -0.2) is 4.79 Å². The fourth-order valence-corrected chi connectivity index (χ4v) is 2.17. The summed E-state index contributed by atoms with van der Waals surface area (Å²) < 4.78 is 5.13. The first kappa shape index (κ1) is 12.8. The lowest BCUT2D eigenvalue weighted by Crippen LogP contribution is -2.55. The second-order valence-electron chi connectivity index (χ2n) is 3.38. The van der Waals surface area contributed by atoms with Gasteiger partial charge in [-0.05, 0) is 18.4 Å². The summed E-state index contributed by atoms with van der Waals surface area (Å²) in [7, 11) is 0. The number of carboxylic acid groups (broad SMARTS) is 1. The summed E-state index contributed by atoms with van der Waals surface area (Å²) in [6.07, 6.45) is 3.50. The molecule has 2 atom stereocenters. The predicted octanol–water partition coefficient (Wildman–Crippen LogP) is 0.707. The number of aliphatic carboxylic acids is 1. The lowest BCUT2D eigenvalue weighted by molar-refractivity contribution is -0.146. The average molecular weight is 243 g/mol. The molecule has 16 heavy (non-hydrogen) atoms. The maximum absolute atomic E-state index is 11.1. The second kappa shape index (κ2) is 5.18. The van der Waals surface area contributed by atoms with Gasteiger partial charge in [0.05, 0.1) is 12.2 Å². The Kier molecular flexibility index (Phi) is 4.14. The van der Waals surface area contributed by atoms with Gasteiger partial charge in [-0.15, -0.1) is 0 Å². The van der Waals surface area contributed by atoms with Crippen molar-refractivity contribution in [2.24, 2.45) is 5.73 Å². The zero-order valence-corrected chi connectivity index (χ0v) is 9.57. The van der Waals surface area contributed by atoms with Crippen molar-refractivity contribution >= 4 is 24.0 Å². The van der Waals surface area contributed by atoms with Crippen LogP contribution in [-0.4, -0.2) is 34.9 Å². The third kappa shape index (κ3) is 2.28. The van der Waals surface area contributed by atoms with E-state index in [0.29, 0.717) is 11.5 Å². The zero-order chi connectivity index (χ0) is 12.2. The number of hydrogen-bond acceptors (Lipinski definition) is 5. The third-order valence-electron chi connectivity index (χ3n) is 2.36. The van der Waals surface area contributed by atoms with Gasteiger partial charge in [-0.1, -0.05) is 0 Å². The summed E-state index contributed by atoms with van der Waals surface area (Å²) in [5, 5.41) is 9.02. The molecule has 88 valence electrons. The minimum absolute atomic E-state index is 0.263. The van der Waals surface area contributed by atoms with Gasteiger partial charge in [0.15, 0.2) is 11.8 Å². The van der Waals surface area contributed by atoms with E-state index in [0.717, 1.165) is 0 Å². The van der Waals surface area contributed by atoms with Gasteiger partial charge >= 0.3 is 5.97 Å². The van der Waals surface area contributed by atoms with Crippen molar-refractivity contribution in [2.75, 3.05) is 12.0 Å². The smallest absolute Gasteiger partial charge is 0.331 e. The van der Waals surface area contributed by atoms with E-state index in [9.17, 15) is 9.59 Å². The maximum atomic E-state index is 11.1. The van der Waals surface area contributed by atoms with E-state index in [1.807, 2.05) is 6.26 Å². The van der Waals surface area contributed by atoms with Crippen LogP contribution in [0.1, 0.15) is 11.7 Å². The van der Waals surface area contributed by atoms with Crippen LogP contribution in [-0.2, 0) is 9.59 Å². The molecule has 0 saturated heterocycles. The summed E-state index contributed by atoms with van der Waals surface area (Å²) >= 11 is 1.41. The van der Waals surface area contributed by atoms with Crippen molar-refractivity contribution in [1.82, 2.24) is 0 Å². The molecule has 0 radical (unpaired) electrons. The second-order valence-corrected chi connectivity index (χ2v) is 4.29. The van der Waals surface area contributed by atoms with Crippen molar-refractivity contribution < 1.29 is 19.1 Å². The van der Waals surface area contributed by atoms with E-state index in [-0.39, 0.29) is 6.29 Å². The molecule has 0 fully saturated rings. The monoisotopic (exact) mass is 243 g/mol. The van der Waals surface area contributed by atoms with Crippen molar-refractivity contribution in [1.29, 1.82) is 0 Å². The molecule has 1 aromatic rings. The minimum atomic E-state index is -1.94. The van der Waals surface area contributed by atoms with E-state index in [1.54, 1.807) is 12.1 Å². The van der Waals surface area contributed by atoms with Crippen LogP contribution in [0.15, 0.2) is 22.8 Å². The van der Waals surface area contributed by atoms with Crippen molar-refractivity contribution in [3.63, 3.8) is 0 Å². The predicted molar refractivity (Wildman–Crippen MR) is 60.4 cm³/mol. The summed E-state index contributed by atoms with van der Waals surface area (Å²) in [4.78, 5) is 22.0. The molecule has 1 heterocycles. The van der Waals surface area contributed by atoms with Gasteiger partial charge in [0.2, 0.25) is 0 Å². The van der Waals surface area contributed by atoms with Crippen LogP contribution < -0.4 is 5.73 Å². The van der Waals surface area contributed by atoms with Crippen molar-refractivity contribution in [3.05, 3.63) is 24.2 Å². The first-order valence-electron chi connectivity index (χ1n) is 4.57. The highest BCUT2D eigenvalue weighted by Crippen LogP contribution is 2.29.